The minimum atomic E-state index is -0.0129. The number of nitrogens with zero attached hydrogens (tertiary/aromatic N) is 3. The molecule has 1 saturated heterocycles. The lowest BCUT2D eigenvalue weighted by atomic mass is 10.0. The number of carbonyl (C=O) groups is 1. The summed E-state index contributed by atoms with van der Waals surface area (Å²) < 4.78 is 16.4. The SMILES string of the molecule is O=C(c1cccnc1)N(Cc1ccco1)C1CCN(c2ccc3c(c2)OCO3)CC1. The average molecular weight is 405 g/mol. The van der Waals surface area contributed by atoms with Crippen LogP contribution in [0.5, 0.6) is 11.5 Å². The fourth-order valence-corrected chi connectivity index (χ4v) is 4.11. The van der Waals surface area contributed by atoms with Crippen LogP contribution < -0.4 is 14.4 Å². The quantitative estimate of drug-likeness (QED) is 0.645. The van der Waals surface area contributed by atoms with Gasteiger partial charge in [-0.05, 0) is 49.2 Å². The molecular weight excluding hydrogens is 382 g/mol. The Morgan fingerprint density at radius 3 is 2.73 bits per heavy atom. The van der Waals surface area contributed by atoms with Crippen LogP contribution in [0.15, 0.2) is 65.5 Å². The Morgan fingerprint density at radius 1 is 1.10 bits per heavy atom. The first-order valence-electron chi connectivity index (χ1n) is 10.2. The van der Waals surface area contributed by atoms with Crippen molar-refractivity contribution in [3.8, 4) is 11.5 Å². The Balaban J connectivity index is 1.31. The fourth-order valence-electron chi connectivity index (χ4n) is 4.11. The molecule has 0 aliphatic carbocycles. The van der Waals surface area contributed by atoms with E-state index in [4.69, 9.17) is 13.9 Å². The van der Waals surface area contributed by atoms with Gasteiger partial charge in [0.1, 0.15) is 5.76 Å². The molecule has 7 heteroatoms. The summed E-state index contributed by atoms with van der Waals surface area (Å²) in [6.45, 7) is 2.45. The van der Waals surface area contributed by atoms with Gasteiger partial charge in [-0.3, -0.25) is 9.78 Å². The van der Waals surface area contributed by atoms with Gasteiger partial charge in [-0.25, -0.2) is 0 Å². The number of benzene rings is 1. The highest BCUT2D eigenvalue weighted by atomic mass is 16.7. The van der Waals surface area contributed by atoms with E-state index in [0.29, 0.717) is 12.1 Å². The first-order chi connectivity index (χ1) is 14.8. The zero-order valence-electron chi connectivity index (χ0n) is 16.6. The summed E-state index contributed by atoms with van der Waals surface area (Å²) in [6.07, 6.45) is 6.70. The number of aromatic nitrogens is 1. The van der Waals surface area contributed by atoms with Crippen molar-refractivity contribution in [1.29, 1.82) is 0 Å². The molecule has 4 heterocycles. The van der Waals surface area contributed by atoms with E-state index in [1.807, 2.05) is 35.2 Å². The molecule has 0 bridgehead atoms. The average Bonchev–Trinajstić information content (AvgIpc) is 3.49. The zero-order valence-corrected chi connectivity index (χ0v) is 16.6. The minimum absolute atomic E-state index is 0.0129. The molecule has 2 aliphatic heterocycles. The summed E-state index contributed by atoms with van der Waals surface area (Å²) in [5.74, 6) is 2.35. The molecule has 0 saturated carbocycles. The number of fused-ring (bicyclic) bond motifs is 1. The number of rotatable bonds is 5. The third-order valence-electron chi connectivity index (χ3n) is 5.70. The van der Waals surface area contributed by atoms with Gasteiger partial charge in [0.2, 0.25) is 6.79 Å². The van der Waals surface area contributed by atoms with E-state index >= 15 is 0 Å². The van der Waals surface area contributed by atoms with Crippen molar-refractivity contribution in [2.45, 2.75) is 25.4 Å². The first kappa shape index (κ1) is 18.5. The highest BCUT2D eigenvalue weighted by Crippen LogP contribution is 2.36. The second-order valence-corrected chi connectivity index (χ2v) is 7.51. The van der Waals surface area contributed by atoms with Crippen LogP contribution in [0.25, 0.3) is 0 Å². The molecule has 30 heavy (non-hydrogen) atoms. The zero-order chi connectivity index (χ0) is 20.3. The molecule has 3 aromatic rings. The summed E-state index contributed by atoms with van der Waals surface area (Å²) in [5, 5.41) is 0. The maximum atomic E-state index is 13.3. The molecule has 0 spiro atoms. The molecule has 2 aliphatic rings. The Kier molecular flexibility index (Phi) is 5.01. The van der Waals surface area contributed by atoms with Gasteiger partial charge in [-0.1, -0.05) is 0 Å². The molecule has 0 N–H and O–H groups in total. The monoisotopic (exact) mass is 405 g/mol. The first-order valence-corrected chi connectivity index (χ1v) is 10.2. The third-order valence-corrected chi connectivity index (χ3v) is 5.70. The largest absolute Gasteiger partial charge is 0.467 e. The number of carbonyl (C=O) groups excluding carboxylic acids is 1. The van der Waals surface area contributed by atoms with E-state index in [0.717, 1.165) is 48.9 Å². The van der Waals surface area contributed by atoms with Gasteiger partial charge < -0.3 is 23.7 Å². The molecule has 5 rings (SSSR count). The summed E-state index contributed by atoms with van der Waals surface area (Å²) in [5.41, 5.74) is 1.72. The Bertz CT molecular complexity index is 999. The second-order valence-electron chi connectivity index (χ2n) is 7.51. The highest BCUT2D eigenvalue weighted by molar-refractivity contribution is 5.94. The predicted octanol–water partition coefficient (Wildman–Crippen LogP) is 3.71. The molecule has 154 valence electrons. The van der Waals surface area contributed by atoms with Crippen LogP contribution in [0.1, 0.15) is 29.0 Å². The molecule has 7 nitrogen and oxygen atoms in total. The lowest BCUT2D eigenvalue weighted by molar-refractivity contribution is 0.0613. The number of pyridine rings is 1. The molecule has 0 radical (unpaired) electrons. The lowest BCUT2D eigenvalue weighted by Crippen LogP contribution is -2.47. The van der Waals surface area contributed by atoms with Crippen LogP contribution in [-0.2, 0) is 6.54 Å². The van der Waals surface area contributed by atoms with Crippen LogP contribution in [-0.4, -0.2) is 41.7 Å². The molecule has 0 atom stereocenters. The summed E-state index contributed by atoms with van der Waals surface area (Å²) >= 11 is 0. The Morgan fingerprint density at radius 2 is 1.97 bits per heavy atom. The van der Waals surface area contributed by atoms with E-state index in [9.17, 15) is 4.79 Å². The summed E-state index contributed by atoms with van der Waals surface area (Å²) in [4.78, 5) is 21.6. The van der Waals surface area contributed by atoms with Crippen molar-refractivity contribution >= 4 is 11.6 Å². The number of amides is 1. The van der Waals surface area contributed by atoms with E-state index in [1.165, 1.54) is 0 Å². The van der Waals surface area contributed by atoms with Crippen LogP contribution in [0.2, 0.25) is 0 Å². The smallest absolute Gasteiger partial charge is 0.256 e. The molecule has 2 aromatic heterocycles. The number of furan rings is 1. The molecule has 1 fully saturated rings. The van der Waals surface area contributed by atoms with Crippen LogP contribution in [0.3, 0.4) is 0 Å². The molecular formula is C23H23N3O4. The van der Waals surface area contributed by atoms with E-state index in [2.05, 4.69) is 16.0 Å². The van der Waals surface area contributed by atoms with Gasteiger partial charge in [-0.15, -0.1) is 0 Å². The van der Waals surface area contributed by atoms with Crippen molar-refractivity contribution < 1.29 is 18.7 Å². The highest BCUT2D eigenvalue weighted by Gasteiger charge is 2.30. The maximum Gasteiger partial charge on any atom is 0.256 e. The van der Waals surface area contributed by atoms with E-state index in [-0.39, 0.29) is 18.7 Å². The Labute approximate surface area is 174 Å². The molecule has 0 unspecified atom stereocenters. The minimum Gasteiger partial charge on any atom is -0.467 e. The van der Waals surface area contributed by atoms with Crippen molar-refractivity contribution in [1.82, 2.24) is 9.88 Å². The van der Waals surface area contributed by atoms with Gasteiger partial charge in [0.25, 0.3) is 5.91 Å². The van der Waals surface area contributed by atoms with Crippen molar-refractivity contribution in [3.05, 3.63) is 72.4 Å². The number of anilines is 1. The predicted molar refractivity (Wildman–Crippen MR) is 111 cm³/mol. The topological polar surface area (TPSA) is 68.0 Å². The van der Waals surface area contributed by atoms with Gasteiger partial charge >= 0.3 is 0 Å². The second kappa shape index (κ2) is 8.10. The van der Waals surface area contributed by atoms with E-state index < -0.39 is 0 Å². The number of piperidine rings is 1. The Hall–Kier alpha value is -3.48. The summed E-state index contributed by atoms with van der Waals surface area (Å²) in [6, 6.07) is 13.5. The normalized spacial score (nSPS) is 15.9. The van der Waals surface area contributed by atoms with Crippen LogP contribution in [0, 0.1) is 0 Å². The molecule has 1 aromatic carbocycles. The van der Waals surface area contributed by atoms with Crippen LogP contribution in [0.4, 0.5) is 5.69 Å². The number of hydrogen-bond donors (Lipinski definition) is 0. The summed E-state index contributed by atoms with van der Waals surface area (Å²) in [7, 11) is 0. The molecule has 1 amide bonds. The van der Waals surface area contributed by atoms with E-state index in [1.54, 1.807) is 24.7 Å². The lowest BCUT2D eigenvalue weighted by Gasteiger charge is -2.39. The van der Waals surface area contributed by atoms with Crippen LogP contribution >= 0.6 is 0 Å². The standard InChI is InChI=1S/C23H23N3O4/c27-23(17-3-1-9-24-14-17)26(15-20-4-2-12-28-20)18-7-10-25(11-8-18)19-5-6-21-22(13-19)30-16-29-21/h1-6,9,12-14,18H,7-8,10-11,15-16H2. The van der Waals surface area contributed by atoms with Gasteiger partial charge in [-0.2, -0.15) is 0 Å². The fraction of sp³-hybridized carbons (Fsp3) is 0.304. The van der Waals surface area contributed by atoms with Gasteiger partial charge in [0, 0.05) is 43.3 Å². The van der Waals surface area contributed by atoms with Crippen molar-refractivity contribution in [3.63, 3.8) is 0 Å². The van der Waals surface area contributed by atoms with Crippen molar-refractivity contribution in [2.75, 3.05) is 24.8 Å². The van der Waals surface area contributed by atoms with Gasteiger partial charge in [0.05, 0.1) is 18.4 Å². The number of hydrogen-bond acceptors (Lipinski definition) is 6. The van der Waals surface area contributed by atoms with Crippen molar-refractivity contribution in [2.24, 2.45) is 0 Å². The van der Waals surface area contributed by atoms with Gasteiger partial charge in [0.15, 0.2) is 11.5 Å². The number of ether oxygens (including phenoxy) is 2. The maximum absolute atomic E-state index is 13.3. The third kappa shape index (κ3) is 3.70.